The molecule has 0 spiro atoms. The summed E-state index contributed by atoms with van der Waals surface area (Å²) in [5.41, 5.74) is 0.644. The van der Waals surface area contributed by atoms with E-state index in [1.54, 1.807) is 43.3 Å². The van der Waals surface area contributed by atoms with Gasteiger partial charge in [-0.05, 0) is 24.3 Å². The van der Waals surface area contributed by atoms with Gasteiger partial charge in [0.1, 0.15) is 11.6 Å². The summed E-state index contributed by atoms with van der Waals surface area (Å²) < 4.78 is 0.902. The number of carbonyl (C=O) groups is 1. The minimum Gasteiger partial charge on any atom is -0.382 e. The SMILES string of the molecule is CN(C)/C=C(\C#N)C(=O)c1ccc(Br)cc1. The molecule has 0 aliphatic rings. The third kappa shape index (κ3) is 3.21. The number of halogens is 1. The quantitative estimate of drug-likeness (QED) is 0.485. The Morgan fingerprint density at radius 2 is 1.94 bits per heavy atom. The minimum atomic E-state index is -0.260. The lowest BCUT2D eigenvalue weighted by atomic mass is 10.1. The van der Waals surface area contributed by atoms with Gasteiger partial charge < -0.3 is 4.90 Å². The van der Waals surface area contributed by atoms with Gasteiger partial charge in [-0.25, -0.2) is 0 Å². The third-order valence-electron chi connectivity index (χ3n) is 1.86. The Bertz CT molecular complexity index is 455. The summed E-state index contributed by atoms with van der Waals surface area (Å²) >= 11 is 3.29. The summed E-state index contributed by atoms with van der Waals surface area (Å²) in [6, 6.07) is 8.83. The highest BCUT2D eigenvalue weighted by atomic mass is 79.9. The van der Waals surface area contributed by atoms with Gasteiger partial charge in [0.05, 0.1) is 0 Å². The van der Waals surface area contributed by atoms with Crippen molar-refractivity contribution in [1.29, 1.82) is 5.26 Å². The van der Waals surface area contributed by atoms with Crippen LogP contribution in [0.15, 0.2) is 40.5 Å². The van der Waals surface area contributed by atoms with Crippen molar-refractivity contribution >= 4 is 21.7 Å². The van der Waals surface area contributed by atoms with E-state index in [-0.39, 0.29) is 11.4 Å². The van der Waals surface area contributed by atoms with Gasteiger partial charge in [0.25, 0.3) is 0 Å². The Morgan fingerprint density at radius 3 is 2.38 bits per heavy atom. The molecule has 0 aromatic heterocycles. The molecule has 1 aromatic carbocycles. The molecule has 0 atom stereocenters. The third-order valence-corrected chi connectivity index (χ3v) is 2.39. The van der Waals surface area contributed by atoms with Crippen LogP contribution in [0.2, 0.25) is 0 Å². The van der Waals surface area contributed by atoms with Crippen molar-refractivity contribution < 1.29 is 4.79 Å². The lowest BCUT2D eigenvalue weighted by Gasteiger charge is -2.05. The average Bonchev–Trinajstić information content (AvgIpc) is 2.25. The van der Waals surface area contributed by atoms with E-state index in [9.17, 15) is 4.79 Å². The molecule has 0 amide bonds. The van der Waals surface area contributed by atoms with E-state index in [0.717, 1.165) is 4.47 Å². The first kappa shape index (κ1) is 12.5. The van der Waals surface area contributed by atoms with Gasteiger partial charge >= 0.3 is 0 Å². The van der Waals surface area contributed by atoms with Crippen LogP contribution in [0.5, 0.6) is 0 Å². The first-order chi connectivity index (χ1) is 7.54. The second-order valence-corrected chi connectivity index (χ2v) is 4.37. The fourth-order valence-corrected chi connectivity index (χ4v) is 1.42. The van der Waals surface area contributed by atoms with Crippen molar-refractivity contribution in [3.63, 3.8) is 0 Å². The van der Waals surface area contributed by atoms with Crippen LogP contribution in [0.1, 0.15) is 10.4 Å². The van der Waals surface area contributed by atoms with Gasteiger partial charge in [0, 0.05) is 30.3 Å². The Kier molecular flexibility index (Phi) is 4.27. The summed E-state index contributed by atoms with van der Waals surface area (Å²) in [5.74, 6) is -0.260. The number of Topliss-reactive ketones (excluding diaryl/α,β-unsaturated/α-hetero) is 1. The van der Waals surface area contributed by atoms with Crippen LogP contribution in [0.3, 0.4) is 0 Å². The number of benzene rings is 1. The summed E-state index contributed by atoms with van der Waals surface area (Å²) in [7, 11) is 3.54. The second-order valence-electron chi connectivity index (χ2n) is 3.45. The minimum absolute atomic E-state index is 0.132. The van der Waals surface area contributed by atoms with Crippen LogP contribution < -0.4 is 0 Å². The van der Waals surface area contributed by atoms with E-state index >= 15 is 0 Å². The highest BCUT2D eigenvalue weighted by Crippen LogP contribution is 2.13. The van der Waals surface area contributed by atoms with Crippen LogP contribution in [0, 0.1) is 11.3 Å². The van der Waals surface area contributed by atoms with E-state index in [1.165, 1.54) is 6.20 Å². The molecule has 0 saturated carbocycles. The number of hydrogen-bond donors (Lipinski definition) is 0. The number of hydrogen-bond acceptors (Lipinski definition) is 3. The Labute approximate surface area is 103 Å². The van der Waals surface area contributed by atoms with Gasteiger partial charge in [-0.3, -0.25) is 4.79 Å². The molecule has 0 bridgehead atoms. The van der Waals surface area contributed by atoms with Crippen LogP contribution in [0.25, 0.3) is 0 Å². The normalized spacial score (nSPS) is 10.8. The van der Waals surface area contributed by atoms with Gasteiger partial charge in [0.2, 0.25) is 5.78 Å². The Balaban J connectivity index is 3.02. The van der Waals surface area contributed by atoms with Gasteiger partial charge in [0.15, 0.2) is 0 Å². The second kappa shape index (κ2) is 5.47. The predicted octanol–water partition coefficient (Wildman–Crippen LogP) is 2.60. The number of ketones is 1. The molecule has 0 unspecified atom stereocenters. The molecule has 1 rings (SSSR count). The van der Waals surface area contributed by atoms with Crippen molar-refractivity contribution in [2.24, 2.45) is 0 Å². The maximum Gasteiger partial charge on any atom is 0.205 e. The van der Waals surface area contributed by atoms with Crippen LogP contribution >= 0.6 is 15.9 Å². The zero-order valence-electron chi connectivity index (χ0n) is 9.07. The van der Waals surface area contributed by atoms with Crippen molar-refractivity contribution in [1.82, 2.24) is 4.90 Å². The Hall–Kier alpha value is -1.60. The summed E-state index contributed by atoms with van der Waals surface area (Å²) in [6.07, 6.45) is 1.52. The van der Waals surface area contributed by atoms with Crippen molar-refractivity contribution in [3.05, 3.63) is 46.1 Å². The largest absolute Gasteiger partial charge is 0.382 e. The summed E-state index contributed by atoms with van der Waals surface area (Å²) in [5, 5.41) is 8.89. The lowest BCUT2D eigenvalue weighted by Crippen LogP contribution is -2.08. The van der Waals surface area contributed by atoms with E-state index in [2.05, 4.69) is 15.9 Å². The lowest BCUT2D eigenvalue weighted by molar-refractivity contribution is 0.103. The first-order valence-corrected chi connectivity index (χ1v) is 5.42. The molecule has 1 aromatic rings. The summed E-state index contributed by atoms with van der Waals surface area (Å²) in [4.78, 5) is 13.6. The van der Waals surface area contributed by atoms with Crippen LogP contribution in [-0.4, -0.2) is 24.8 Å². The maximum absolute atomic E-state index is 11.9. The van der Waals surface area contributed by atoms with Crippen LogP contribution in [0.4, 0.5) is 0 Å². The average molecular weight is 279 g/mol. The number of nitrogens with zero attached hydrogens (tertiary/aromatic N) is 2. The number of carbonyl (C=O) groups excluding carboxylic acids is 1. The van der Waals surface area contributed by atoms with E-state index in [1.807, 2.05) is 6.07 Å². The van der Waals surface area contributed by atoms with E-state index in [4.69, 9.17) is 5.26 Å². The molecule has 0 aliphatic heterocycles. The molecule has 0 N–H and O–H groups in total. The molecule has 3 nitrogen and oxygen atoms in total. The molecular weight excluding hydrogens is 268 g/mol. The number of nitriles is 1. The fourth-order valence-electron chi connectivity index (χ4n) is 1.15. The molecular formula is C12H11BrN2O. The zero-order chi connectivity index (χ0) is 12.1. The zero-order valence-corrected chi connectivity index (χ0v) is 10.7. The van der Waals surface area contributed by atoms with Gasteiger partial charge in [-0.1, -0.05) is 15.9 Å². The van der Waals surface area contributed by atoms with E-state index in [0.29, 0.717) is 5.56 Å². The molecule has 0 aliphatic carbocycles. The molecule has 0 fully saturated rings. The van der Waals surface area contributed by atoms with Crippen molar-refractivity contribution in [2.75, 3.05) is 14.1 Å². The number of rotatable bonds is 3. The topological polar surface area (TPSA) is 44.1 Å². The monoisotopic (exact) mass is 278 g/mol. The predicted molar refractivity (Wildman–Crippen MR) is 65.9 cm³/mol. The van der Waals surface area contributed by atoms with Crippen LogP contribution in [-0.2, 0) is 0 Å². The van der Waals surface area contributed by atoms with Crippen molar-refractivity contribution in [2.45, 2.75) is 0 Å². The molecule has 82 valence electrons. The summed E-state index contributed by atoms with van der Waals surface area (Å²) in [6.45, 7) is 0. The smallest absolute Gasteiger partial charge is 0.205 e. The highest BCUT2D eigenvalue weighted by Gasteiger charge is 2.11. The fraction of sp³-hybridized carbons (Fsp3) is 0.167. The molecule has 0 saturated heterocycles. The highest BCUT2D eigenvalue weighted by molar-refractivity contribution is 9.10. The van der Waals surface area contributed by atoms with Crippen molar-refractivity contribution in [3.8, 4) is 6.07 Å². The number of allylic oxidation sites excluding steroid dienone is 1. The van der Waals surface area contributed by atoms with E-state index < -0.39 is 0 Å². The molecule has 0 heterocycles. The Morgan fingerprint density at radius 1 is 1.38 bits per heavy atom. The molecule has 0 radical (unpaired) electrons. The maximum atomic E-state index is 11.9. The van der Waals surface area contributed by atoms with Gasteiger partial charge in [-0.15, -0.1) is 0 Å². The molecule has 4 heteroatoms. The standard InChI is InChI=1S/C12H11BrN2O/c1-15(2)8-10(7-14)12(16)9-3-5-11(13)6-4-9/h3-6,8H,1-2H3/b10-8+. The van der Waals surface area contributed by atoms with Gasteiger partial charge in [-0.2, -0.15) is 5.26 Å². The first-order valence-electron chi connectivity index (χ1n) is 4.63. The molecule has 16 heavy (non-hydrogen) atoms.